The zero-order valence-corrected chi connectivity index (χ0v) is 27.3. The van der Waals surface area contributed by atoms with Crippen molar-refractivity contribution in [3.63, 3.8) is 0 Å². The molecule has 6 N–H and O–H groups in total. The zero-order chi connectivity index (χ0) is 33.7. The predicted octanol–water partition coefficient (Wildman–Crippen LogP) is 2.68. The van der Waals surface area contributed by atoms with Crippen LogP contribution in [0.4, 0.5) is 10.6 Å². The predicted molar refractivity (Wildman–Crippen MR) is 179 cm³/mol. The molecule has 13 heteroatoms. The third-order valence-corrected chi connectivity index (χ3v) is 8.74. The van der Waals surface area contributed by atoms with E-state index in [9.17, 15) is 20.1 Å². The molecule has 2 amide bonds. The number of aliphatic hydroxyl groups is 3. The van der Waals surface area contributed by atoms with Gasteiger partial charge in [0.1, 0.15) is 18.3 Å². The normalized spacial score (nSPS) is 19.8. The molecule has 4 aromatic rings. The minimum atomic E-state index is -1.33. The van der Waals surface area contributed by atoms with Crippen LogP contribution in [0.15, 0.2) is 67.0 Å². The van der Waals surface area contributed by atoms with Crippen LogP contribution in [0.3, 0.4) is 0 Å². The molecule has 0 radical (unpaired) electrons. The Kier molecular flexibility index (Phi) is 11.0. The first-order valence-electron chi connectivity index (χ1n) is 16.1. The Morgan fingerprint density at radius 1 is 0.957 bits per heavy atom. The van der Waals surface area contributed by atoms with E-state index in [1.807, 2.05) is 36.4 Å². The summed E-state index contributed by atoms with van der Waals surface area (Å²) in [7, 11) is 0. The second-order valence-electron chi connectivity index (χ2n) is 12.5. The molecule has 3 heterocycles. The maximum Gasteiger partial charge on any atom is 0.315 e. The molecule has 1 saturated heterocycles. The van der Waals surface area contributed by atoms with Gasteiger partial charge in [-0.1, -0.05) is 60.7 Å². The van der Waals surface area contributed by atoms with Gasteiger partial charge in [-0.15, -0.1) is 0 Å². The number of urea groups is 1. The van der Waals surface area contributed by atoms with Crippen LogP contribution >= 0.6 is 0 Å². The number of fused-ring (bicyclic) bond motifs is 1. The Balaban J connectivity index is 1.51. The van der Waals surface area contributed by atoms with E-state index in [0.717, 1.165) is 11.1 Å². The molecule has 0 spiro atoms. The molecule has 0 aliphatic carbocycles. The average molecular weight is 647 g/mol. The number of carbonyl (C=O) groups excluding carboxylic acids is 1. The topological polar surface area (TPSA) is 175 Å². The maximum atomic E-state index is 12.6. The highest BCUT2D eigenvalue weighted by atomic mass is 16.6. The van der Waals surface area contributed by atoms with Crippen molar-refractivity contribution in [2.45, 2.75) is 76.8 Å². The van der Waals surface area contributed by atoms with Crippen molar-refractivity contribution in [3.8, 4) is 0 Å². The van der Waals surface area contributed by atoms with Gasteiger partial charge in [0.2, 0.25) is 0 Å². The number of anilines is 1. The summed E-state index contributed by atoms with van der Waals surface area (Å²) in [5, 5.41) is 34.4. The Morgan fingerprint density at radius 3 is 2.11 bits per heavy atom. The van der Waals surface area contributed by atoms with E-state index < -0.39 is 37.2 Å². The smallest absolute Gasteiger partial charge is 0.315 e. The fourth-order valence-electron chi connectivity index (χ4n) is 6.24. The fourth-order valence-corrected chi connectivity index (χ4v) is 6.24. The van der Waals surface area contributed by atoms with Gasteiger partial charge in [0.25, 0.3) is 0 Å². The van der Waals surface area contributed by atoms with E-state index in [0.29, 0.717) is 42.4 Å². The van der Waals surface area contributed by atoms with Gasteiger partial charge in [0.15, 0.2) is 29.0 Å². The van der Waals surface area contributed by atoms with Crippen LogP contribution in [0.5, 0.6) is 0 Å². The van der Waals surface area contributed by atoms with Crippen LogP contribution < -0.4 is 11.1 Å². The van der Waals surface area contributed by atoms with Crippen molar-refractivity contribution < 1.29 is 24.9 Å². The van der Waals surface area contributed by atoms with Crippen LogP contribution in [0, 0.1) is 0 Å². The SMILES string of the molecule is CC(C)N(CCN(Cc1nc(NCC(c2ccccc2)c2ccccc2)c2ncn([C@@H]3O[C@H](CO)[C@@H](O)[C@H]3O)c2n1)C(N)=O)C(C)C. The standard InChI is InChI=1S/C34H46N8O5/c1-21(2)41(22(3)4)16-15-40(34(35)46)18-27-38-31(36-17-25(23-11-7-5-8-12-23)24-13-9-6-10-14-24)28-32(39-27)42(20-37-28)33-30(45)29(44)26(19-43)47-33/h5-14,20-22,25-26,29-30,33,43-45H,15-19H2,1-4H3,(H2,35,46)(H,36,38,39)/t26-,29-,30-,33-/m1/s1. The fraction of sp³-hybridized carbons (Fsp3) is 0.471. The summed E-state index contributed by atoms with van der Waals surface area (Å²) in [4.78, 5) is 30.6. The number of aromatic nitrogens is 4. The summed E-state index contributed by atoms with van der Waals surface area (Å²) in [5.74, 6) is 0.722. The number of aliphatic hydroxyl groups excluding tert-OH is 3. The van der Waals surface area contributed by atoms with Crippen LogP contribution in [0.1, 0.15) is 56.8 Å². The van der Waals surface area contributed by atoms with Crippen molar-refractivity contribution in [2.24, 2.45) is 5.73 Å². The molecule has 2 aromatic carbocycles. The lowest BCUT2D eigenvalue weighted by Gasteiger charge is -2.32. The first-order valence-corrected chi connectivity index (χ1v) is 16.1. The molecule has 1 aliphatic heterocycles. The molecule has 13 nitrogen and oxygen atoms in total. The molecule has 47 heavy (non-hydrogen) atoms. The molecule has 4 atom stereocenters. The van der Waals surface area contributed by atoms with E-state index in [1.165, 1.54) is 15.8 Å². The number of hydrogen-bond acceptors (Lipinski definition) is 10. The van der Waals surface area contributed by atoms with Gasteiger partial charge < -0.3 is 36.0 Å². The molecule has 0 saturated carbocycles. The number of ether oxygens (including phenoxy) is 1. The Hall–Kier alpha value is -4.14. The largest absolute Gasteiger partial charge is 0.394 e. The van der Waals surface area contributed by atoms with Gasteiger partial charge in [0, 0.05) is 37.6 Å². The van der Waals surface area contributed by atoms with Gasteiger partial charge >= 0.3 is 6.03 Å². The second kappa shape index (κ2) is 15.2. The first kappa shape index (κ1) is 34.2. The van der Waals surface area contributed by atoms with Gasteiger partial charge in [-0.25, -0.2) is 19.7 Å². The lowest BCUT2D eigenvalue weighted by atomic mass is 9.91. The lowest BCUT2D eigenvalue weighted by molar-refractivity contribution is -0.0511. The van der Waals surface area contributed by atoms with Crippen molar-refractivity contribution in [1.29, 1.82) is 0 Å². The summed E-state index contributed by atoms with van der Waals surface area (Å²) in [5.41, 5.74) is 8.84. The van der Waals surface area contributed by atoms with Gasteiger partial charge in [-0.3, -0.25) is 9.47 Å². The molecular weight excluding hydrogens is 600 g/mol. The van der Waals surface area contributed by atoms with E-state index in [2.05, 4.69) is 67.2 Å². The van der Waals surface area contributed by atoms with E-state index in [-0.39, 0.29) is 24.5 Å². The number of imidazole rings is 1. The van der Waals surface area contributed by atoms with E-state index in [4.69, 9.17) is 20.4 Å². The van der Waals surface area contributed by atoms with Crippen molar-refractivity contribution in [3.05, 3.63) is 83.9 Å². The van der Waals surface area contributed by atoms with Gasteiger partial charge in [-0.2, -0.15) is 0 Å². The van der Waals surface area contributed by atoms with E-state index in [1.54, 1.807) is 0 Å². The average Bonchev–Trinajstić information content (AvgIpc) is 3.60. The number of rotatable bonds is 14. The quantitative estimate of drug-likeness (QED) is 0.137. The van der Waals surface area contributed by atoms with Crippen LogP contribution in [0.25, 0.3) is 11.2 Å². The number of nitrogens with zero attached hydrogens (tertiary/aromatic N) is 6. The van der Waals surface area contributed by atoms with Gasteiger partial charge in [-0.05, 0) is 38.8 Å². The second-order valence-corrected chi connectivity index (χ2v) is 12.5. The number of benzene rings is 2. The Labute approximate surface area is 275 Å². The van der Waals surface area contributed by atoms with Crippen LogP contribution in [-0.2, 0) is 11.3 Å². The van der Waals surface area contributed by atoms with Crippen molar-refractivity contribution >= 4 is 23.0 Å². The van der Waals surface area contributed by atoms with E-state index >= 15 is 0 Å². The monoisotopic (exact) mass is 646 g/mol. The summed E-state index contributed by atoms with van der Waals surface area (Å²) >= 11 is 0. The zero-order valence-electron chi connectivity index (χ0n) is 27.3. The summed E-state index contributed by atoms with van der Waals surface area (Å²) in [6.07, 6.45) is -3.19. The molecule has 1 aliphatic rings. The highest BCUT2D eigenvalue weighted by Crippen LogP contribution is 2.33. The van der Waals surface area contributed by atoms with Crippen LogP contribution in [-0.4, -0.2) is 107 Å². The van der Waals surface area contributed by atoms with Crippen molar-refractivity contribution in [1.82, 2.24) is 29.3 Å². The number of primary amides is 1. The molecule has 252 valence electrons. The van der Waals surface area contributed by atoms with Crippen molar-refractivity contribution in [2.75, 3.05) is 31.6 Å². The highest BCUT2D eigenvalue weighted by Gasteiger charge is 2.44. The Morgan fingerprint density at radius 2 is 1.57 bits per heavy atom. The summed E-state index contributed by atoms with van der Waals surface area (Å²) in [6, 6.07) is 20.3. The first-order chi connectivity index (χ1) is 22.6. The number of hydrogen-bond donors (Lipinski definition) is 5. The lowest BCUT2D eigenvalue weighted by Crippen LogP contribution is -2.45. The minimum absolute atomic E-state index is 0.0198. The highest BCUT2D eigenvalue weighted by molar-refractivity contribution is 5.83. The molecular formula is C34H46N8O5. The molecule has 0 unspecified atom stereocenters. The third kappa shape index (κ3) is 7.71. The number of nitrogens with one attached hydrogen (secondary N) is 1. The molecule has 1 fully saturated rings. The Bertz CT molecular complexity index is 1550. The number of amides is 2. The molecule has 5 rings (SSSR count). The van der Waals surface area contributed by atoms with Gasteiger partial charge in [0.05, 0.1) is 19.5 Å². The molecule has 0 bridgehead atoms. The van der Waals surface area contributed by atoms with Crippen LogP contribution in [0.2, 0.25) is 0 Å². The molecule has 2 aromatic heterocycles. The maximum absolute atomic E-state index is 12.6. The number of carbonyl (C=O) groups is 1. The third-order valence-electron chi connectivity index (χ3n) is 8.74. The number of nitrogens with two attached hydrogens (primary N) is 1. The summed E-state index contributed by atoms with van der Waals surface area (Å²) < 4.78 is 7.34. The minimum Gasteiger partial charge on any atom is -0.394 e. The summed E-state index contributed by atoms with van der Waals surface area (Å²) in [6.45, 7) is 9.47.